The zero-order valence-corrected chi connectivity index (χ0v) is 16.0. The van der Waals surface area contributed by atoms with Crippen molar-refractivity contribution in [2.45, 2.75) is 19.9 Å². The number of hydrogen-bond acceptors (Lipinski definition) is 4. The molecule has 0 radical (unpaired) electrons. The molecule has 140 valence electrons. The van der Waals surface area contributed by atoms with Gasteiger partial charge in [0.1, 0.15) is 10.7 Å². The van der Waals surface area contributed by atoms with Crippen LogP contribution in [0.15, 0.2) is 48.5 Å². The van der Waals surface area contributed by atoms with Crippen LogP contribution < -0.4 is 4.90 Å². The van der Waals surface area contributed by atoms with E-state index in [1.807, 2.05) is 31.2 Å². The Balaban J connectivity index is 1.44. The number of imidazole rings is 1. The van der Waals surface area contributed by atoms with E-state index in [-0.39, 0.29) is 11.7 Å². The zero-order chi connectivity index (χ0) is 19.3. The summed E-state index contributed by atoms with van der Waals surface area (Å²) in [5.74, 6) is 0.375. The fourth-order valence-electron chi connectivity index (χ4n) is 3.61. The van der Waals surface area contributed by atoms with Gasteiger partial charge in [-0.15, -0.1) is 11.3 Å². The van der Waals surface area contributed by atoms with Crippen LogP contribution in [0.25, 0.3) is 11.0 Å². The Morgan fingerprint density at radius 3 is 2.71 bits per heavy atom. The van der Waals surface area contributed by atoms with Crippen LogP contribution in [0.2, 0.25) is 0 Å². The maximum atomic E-state index is 13.2. The van der Waals surface area contributed by atoms with Gasteiger partial charge >= 0.3 is 0 Å². The summed E-state index contributed by atoms with van der Waals surface area (Å²) < 4.78 is 15.2. The topological polar surface area (TPSA) is 51.0 Å². The third kappa shape index (κ3) is 2.79. The molecular weight excluding hydrogens is 375 g/mol. The maximum absolute atomic E-state index is 13.2. The molecule has 0 bridgehead atoms. The Labute approximate surface area is 165 Å². The molecule has 4 aromatic rings. The SMILES string of the molecule is Cc1nc(Cc2ccc(F)cc2)sc1C(=O)N1CCn2c1nc1ccccc12. The second-order valence-electron chi connectivity index (χ2n) is 6.83. The van der Waals surface area contributed by atoms with E-state index in [2.05, 4.69) is 14.5 Å². The molecule has 1 aliphatic heterocycles. The lowest BCUT2D eigenvalue weighted by Gasteiger charge is -2.12. The summed E-state index contributed by atoms with van der Waals surface area (Å²) in [6, 6.07) is 14.3. The van der Waals surface area contributed by atoms with E-state index in [1.54, 1.807) is 17.0 Å². The molecule has 5 rings (SSSR count). The summed E-state index contributed by atoms with van der Waals surface area (Å²) in [5.41, 5.74) is 3.64. The molecule has 1 aliphatic rings. The first kappa shape index (κ1) is 17.1. The van der Waals surface area contributed by atoms with Crippen molar-refractivity contribution in [3.05, 3.63) is 75.5 Å². The molecule has 2 aromatic heterocycles. The summed E-state index contributed by atoms with van der Waals surface area (Å²) >= 11 is 1.40. The third-order valence-electron chi connectivity index (χ3n) is 4.97. The van der Waals surface area contributed by atoms with Gasteiger partial charge in [-0.3, -0.25) is 9.69 Å². The van der Waals surface area contributed by atoms with Crippen molar-refractivity contribution in [1.29, 1.82) is 0 Å². The van der Waals surface area contributed by atoms with Crippen molar-refractivity contribution < 1.29 is 9.18 Å². The van der Waals surface area contributed by atoms with Gasteiger partial charge in [0.15, 0.2) is 0 Å². The number of carbonyl (C=O) groups excluding carboxylic acids is 1. The Morgan fingerprint density at radius 2 is 1.89 bits per heavy atom. The van der Waals surface area contributed by atoms with Gasteiger partial charge in [0.2, 0.25) is 5.95 Å². The quantitative estimate of drug-likeness (QED) is 0.525. The number of halogens is 1. The molecule has 0 aliphatic carbocycles. The van der Waals surface area contributed by atoms with Crippen LogP contribution in [0, 0.1) is 12.7 Å². The van der Waals surface area contributed by atoms with E-state index in [1.165, 1.54) is 23.5 Å². The minimum Gasteiger partial charge on any atom is -0.308 e. The Kier molecular flexibility index (Phi) is 3.98. The number of hydrogen-bond donors (Lipinski definition) is 0. The second kappa shape index (κ2) is 6.53. The number of aromatic nitrogens is 3. The van der Waals surface area contributed by atoms with Crippen LogP contribution in [0.4, 0.5) is 10.3 Å². The molecule has 5 nitrogen and oxygen atoms in total. The predicted molar refractivity (Wildman–Crippen MR) is 107 cm³/mol. The number of fused-ring (bicyclic) bond motifs is 3. The lowest BCUT2D eigenvalue weighted by Crippen LogP contribution is -2.29. The van der Waals surface area contributed by atoms with Crippen molar-refractivity contribution in [3.63, 3.8) is 0 Å². The highest BCUT2D eigenvalue weighted by atomic mass is 32.1. The molecule has 0 saturated heterocycles. The fourth-order valence-corrected chi connectivity index (χ4v) is 4.66. The van der Waals surface area contributed by atoms with Crippen LogP contribution in [-0.2, 0) is 13.0 Å². The molecule has 0 fully saturated rings. The molecule has 0 atom stereocenters. The first-order valence-electron chi connectivity index (χ1n) is 9.08. The normalized spacial score (nSPS) is 13.3. The van der Waals surface area contributed by atoms with Gasteiger partial charge in [-0.2, -0.15) is 0 Å². The molecule has 0 spiro atoms. The minimum absolute atomic E-state index is 0.0607. The van der Waals surface area contributed by atoms with Crippen LogP contribution in [0.1, 0.15) is 25.9 Å². The van der Waals surface area contributed by atoms with Crippen molar-refractivity contribution in [3.8, 4) is 0 Å². The van der Waals surface area contributed by atoms with E-state index in [4.69, 9.17) is 0 Å². The summed E-state index contributed by atoms with van der Waals surface area (Å²) in [6.45, 7) is 3.20. The van der Waals surface area contributed by atoms with E-state index in [0.29, 0.717) is 23.8 Å². The third-order valence-corrected chi connectivity index (χ3v) is 6.12. The number of thiazole rings is 1. The molecule has 3 heterocycles. The predicted octanol–water partition coefficient (Wildman–Crippen LogP) is 4.19. The molecule has 0 N–H and O–H groups in total. The molecule has 0 saturated carbocycles. The zero-order valence-electron chi connectivity index (χ0n) is 15.2. The highest BCUT2D eigenvalue weighted by Crippen LogP contribution is 2.30. The van der Waals surface area contributed by atoms with E-state index in [0.717, 1.165) is 33.8 Å². The highest BCUT2D eigenvalue weighted by molar-refractivity contribution is 7.14. The summed E-state index contributed by atoms with van der Waals surface area (Å²) in [7, 11) is 0. The molecular formula is C21H17FN4OS. The van der Waals surface area contributed by atoms with E-state index < -0.39 is 0 Å². The number of aryl methyl sites for hydroxylation is 1. The van der Waals surface area contributed by atoms with Gasteiger partial charge in [0.25, 0.3) is 5.91 Å². The summed E-state index contributed by atoms with van der Waals surface area (Å²) in [5, 5.41) is 0.847. The van der Waals surface area contributed by atoms with Crippen LogP contribution in [0.5, 0.6) is 0 Å². The van der Waals surface area contributed by atoms with Gasteiger partial charge < -0.3 is 4.57 Å². The largest absolute Gasteiger partial charge is 0.308 e. The second-order valence-corrected chi connectivity index (χ2v) is 7.92. The molecule has 0 unspecified atom stereocenters. The van der Waals surface area contributed by atoms with E-state index in [9.17, 15) is 9.18 Å². The number of rotatable bonds is 3. The molecule has 2 aromatic carbocycles. The monoisotopic (exact) mass is 392 g/mol. The Hall–Kier alpha value is -3.06. The molecule has 1 amide bonds. The van der Waals surface area contributed by atoms with Crippen molar-refractivity contribution >= 4 is 34.2 Å². The summed E-state index contributed by atoms with van der Waals surface area (Å²) in [6.07, 6.45) is 0.581. The lowest BCUT2D eigenvalue weighted by atomic mass is 10.1. The fraction of sp³-hybridized carbons (Fsp3) is 0.190. The number of benzene rings is 2. The van der Waals surface area contributed by atoms with Crippen LogP contribution in [0.3, 0.4) is 0 Å². The first-order chi connectivity index (χ1) is 13.6. The van der Waals surface area contributed by atoms with Gasteiger partial charge in [-0.25, -0.2) is 14.4 Å². The number of para-hydroxylation sites is 2. The Morgan fingerprint density at radius 1 is 1.11 bits per heavy atom. The average molecular weight is 392 g/mol. The van der Waals surface area contributed by atoms with Crippen LogP contribution >= 0.6 is 11.3 Å². The number of anilines is 1. The van der Waals surface area contributed by atoms with Crippen molar-refractivity contribution in [2.24, 2.45) is 0 Å². The van der Waals surface area contributed by atoms with Gasteiger partial charge in [-0.1, -0.05) is 24.3 Å². The number of nitrogens with zero attached hydrogens (tertiary/aromatic N) is 4. The van der Waals surface area contributed by atoms with Gasteiger partial charge in [-0.05, 0) is 36.8 Å². The molecule has 28 heavy (non-hydrogen) atoms. The maximum Gasteiger partial charge on any atom is 0.272 e. The van der Waals surface area contributed by atoms with Gasteiger partial charge in [0.05, 0.1) is 21.7 Å². The molecule has 7 heteroatoms. The average Bonchev–Trinajstić information content (AvgIpc) is 3.36. The van der Waals surface area contributed by atoms with Crippen molar-refractivity contribution in [1.82, 2.24) is 14.5 Å². The first-order valence-corrected chi connectivity index (χ1v) is 9.89. The van der Waals surface area contributed by atoms with Gasteiger partial charge in [0, 0.05) is 19.5 Å². The minimum atomic E-state index is -0.258. The number of amides is 1. The van der Waals surface area contributed by atoms with E-state index >= 15 is 0 Å². The lowest BCUT2D eigenvalue weighted by molar-refractivity contribution is 0.0992. The van der Waals surface area contributed by atoms with Crippen molar-refractivity contribution in [2.75, 3.05) is 11.4 Å². The smallest absolute Gasteiger partial charge is 0.272 e. The van der Waals surface area contributed by atoms with Crippen LogP contribution in [-0.4, -0.2) is 27.0 Å². The number of carbonyl (C=O) groups is 1. The summed E-state index contributed by atoms with van der Waals surface area (Å²) in [4.78, 5) is 24.8. The standard InChI is InChI=1S/C21H17FN4OS/c1-13-19(28-18(23-13)12-14-6-8-15(22)9-7-14)20(27)26-11-10-25-17-5-3-2-4-16(17)24-21(25)26/h2-9H,10-12H2,1H3. The Bertz CT molecular complexity index is 1200. The highest BCUT2D eigenvalue weighted by Gasteiger charge is 2.31.